The molecule has 7 heteroatoms. The Morgan fingerprint density at radius 3 is 2.90 bits per heavy atom. The van der Waals surface area contributed by atoms with E-state index in [9.17, 15) is 8.42 Å². The first-order chi connectivity index (χ1) is 9.95. The van der Waals surface area contributed by atoms with Crippen molar-refractivity contribution in [3.8, 4) is 0 Å². The van der Waals surface area contributed by atoms with Crippen molar-refractivity contribution in [2.24, 2.45) is 0 Å². The van der Waals surface area contributed by atoms with Gasteiger partial charge in [-0.25, -0.2) is 13.4 Å². The van der Waals surface area contributed by atoms with Crippen LogP contribution < -0.4 is 10.0 Å². The molecule has 3 rings (SSSR count). The lowest BCUT2D eigenvalue weighted by atomic mass is 10.2. The number of nitrogens with zero attached hydrogens (tertiary/aromatic N) is 1. The van der Waals surface area contributed by atoms with Gasteiger partial charge in [0.15, 0.2) is 0 Å². The third kappa shape index (κ3) is 2.89. The summed E-state index contributed by atoms with van der Waals surface area (Å²) < 4.78 is 28.3. The van der Waals surface area contributed by atoms with Crippen LogP contribution in [0.5, 0.6) is 0 Å². The first kappa shape index (κ1) is 14.3. The molecular weight excluding hydrogens is 354 g/mol. The largest absolute Gasteiger partial charge is 0.384 e. The number of halogens is 1. The standard InChI is InChI=1S/C14H14BrN3O2S/c1-9-6-11(15)8-17-14(9)18-21(19,20)12-2-3-13-10(7-12)4-5-16-13/h2-3,6-8,16H,4-5H2,1H3,(H,17,18). The average molecular weight is 368 g/mol. The minimum absolute atomic E-state index is 0.258. The zero-order valence-electron chi connectivity index (χ0n) is 11.4. The quantitative estimate of drug-likeness (QED) is 0.874. The Morgan fingerprint density at radius 2 is 2.14 bits per heavy atom. The number of aromatic nitrogens is 1. The van der Waals surface area contributed by atoms with Gasteiger partial charge in [0.2, 0.25) is 0 Å². The molecule has 0 atom stereocenters. The van der Waals surface area contributed by atoms with E-state index in [0.717, 1.165) is 34.3 Å². The molecule has 0 saturated carbocycles. The van der Waals surface area contributed by atoms with Crippen molar-refractivity contribution in [2.75, 3.05) is 16.6 Å². The topological polar surface area (TPSA) is 71.1 Å². The molecule has 2 N–H and O–H groups in total. The highest BCUT2D eigenvalue weighted by molar-refractivity contribution is 9.10. The van der Waals surface area contributed by atoms with Gasteiger partial charge >= 0.3 is 0 Å². The van der Waals surface area contributed by atoms with Gasteiger partial charge in [-0.2, -0.15) is 0 Å². The van der Waals surface area contributed by atoms with E-state index in [1.807, 2.05) is 13.0 Å². The van der Waals surface area contributed by atoms with Crippen molar-refractivity contribution in [2.45, 2.75) is 18.2 Å². The smallest absolute Gasteiger partial charge is 0.263 e. The van der Waals surface area contributed by atoms with Crippen LogP contribution in [0.25, 0.3) is 0 Å². The highest BCUT2D eigenvalue weighted by Gasteiger charge is 2.19. The average Bonchev–Trinajstić information content (AvgIpc) is 2.89. The van der Waals surface area contributed by atoms with Crippen LogP contribution in [0.2, 0.25) is 0 Å². The molecular formula is C14H14BrN3O2S. The van der Waals surface area contributed by atoms with Crippen LogP contribution >= 0.6 is 15.9 Å². The lowest BCUT2D eigenvalue weighted by Crippen LogP contribution is -2.15. The summed E-state index contributed by atoms with van der Waals surface area (Å²) in [5.74, 6) is 0.344. The molecule has 21 heavy (non-hydrogen) atoms. The molecule has 2 aromatic rings. The minimum atomic E-state index is -3.63. The molecule has 0 saturated heterocycles. The second-order valence-corrected chi connectivity index (χ2v) is 7.52. The van der Waals surface area contributed by atoms with E-state index in [1.165, 1.54) is 0 Å². The number of nitrogens with one attached hydrogen (secondary N) is 2. The maximum atomic E-state index is 12.5. The van der Waals surface area contributed by atoms with Crippen molar-refractivity contribution >= 4 is 37.5 Å². The number of sulfonamides is 1. The van der Waals surface area contributed by atoms with Gasteiger partial charge in [-0.05, 0) is 64.7 Å². The lowest BCUT2D eigenvalue weighted by molar-refractivity contribution is 0.601. The molecule has 0 spiro atoms. The highest BCUT2D eigenvalue weighted by atomic mass is 79.9. The third-order valence-corrected chi connectivity index (χ3v) is 5.14. The molecule has 0 bridgehead atoms. The van der Waals surface area contributed by atoms with Crippen molar-refractivity contribution in [3.63, 3.8) is 0 Å². The zero-order valence-corrected chi connectivity index (χ0v) is 13.8. The van der Waals surface area contributed by atoms with Crippen LogP contribution in [0.4, 0.5) is 11.5 Å². The summed E-state index contributed by atoms with van der Waals surface area (Å²) in [7, 11) is -3.63. The molecule has 2 heterocycles. The number of hydrogen-bond acceptors (Lipinski definition) is 4. The molecule has 1 aromatic heterocycles. The summed E-state index contributed by atoms with van der Waals surface area (Å²) >= 11 is 3.31. The SMILES string of the molecule is Cc1cc(Br)cnc1NS(=O)(=O)c1ccc2c(c1)CCN2. The van der Waals surface area contributed by atoms with Crippen LogP contribution in [0, 0.1) is 6.92 Å². The van der Waals surface area contributed by atoms with Gasteiger partial charge in [-0.1, -0.05) is 0 Å². The first-order valence-corrected chi connectivity index (χ1v) is 8.75. The Hall–Kier alpha value is -1.60. The lowest BCUT2D eigenvalue weighted by Gasteiger charge is -2.11. The first-order valence-electron chi connectivity index (χ1n) is 6.47. The summed E-state index contributed by atoms with van der Waals surface area (Å²) in [6.45, 7) is 2.65. The van der Waals surface area contributed by atoms with Gasteiger partial charge in [-0.15, -0.1) is 0 Å². The molecule has 0 fully saturated rings. The normalized spacial score (nSPS) is 13.6. The van der Waals surface area contributed by atoms with Crippen LogP contribution in [0.3, 0.4) is 0 Å². The number of fused-ring (bicyclic) bond motifs is 1. The number of benzene rings is 1. The molecule has 1 aliphatic rings. The fourth-order valence-corrected chi connectivity index (χ4v) is 3.86. The van der Waals surface area contributed by atoms with Crippen LogP contribution in [0.15, 0.2) is 39.8 Å². The number of pyridine rings is 1. The van der Waals surface area contributed by atoms with Crippen molar-refractivity contribution in [3.05, 3.63) is 46.1 Å². The number of anilines is 2. The van der Waals surface area contributed by atoms with E-state index in [0.29, 0.717) is 5.82 Å². The summed E-state index contributed by atoms with van der Waals surface area (Å²) in [5, 5.41) is 3.21. The van der Waals surface area contributed by atoms with Crippen molar-refractivity contribution in [1.29, 1.82) is 0 Å². The Kier molecular flexibility index (Phi) is 3.62. The maximum absolute atomic E-state index is 12.5. The van der Waals surface area contributed by atoms with Crippen molar-refractivity contribution in [1.82, 2.24) is 4.98 Å². The van der Waals surface area contributed by atoms with E-state index in [1.54, 1.807) is 24.4 Å². The van der Waals surface area contributed by atoms with E-state index < -0.39 is 10.0 Å². The molecule has 0 radical (unpaired) electrons. The van der Waals surface area contributed by atoms with E-state index in [-0.39, 0.29) is 4.90 Å². The van der Waals surface area contributed by atoms with Gasteiger partial charge in [0.25, 0.3) is 10.0 Å². The number of hydrogen-bond donors (Lipinski definition) is 2. The maximum Gasteiger partial charge on any atom is 0.263 e. The van der Waals surface area contributed by atoms with Crippen LogP contribution in [-0.4, -0.2) is 19.9 Å². The van der Waals surface area contributed by atoms with Gasteiger partial charge < -0.3 is 5.32 Å². The Balaban J connectivity index is 1.93. The predicted octanol–water partition coefficient (Wildman–Crippen LogP) is 2.92. The molecule has 0 unspecified atom stereocenters. The van der Waals surface area contributed by atoms with Crippen LogP contribution in [-0.2, 0) is 16.4 Å². The minimum Gasteiger partial charge on any atom is -0.384 e. The summed E-state index contributed by atoms with van der Waals surface area (Å²) in [6, 6.07) is 6.94. The molecule has 1 aliphatic heterocycles. The summed E-state index contributed by atoms with van der Waals surface area (Å²) in [6.07, 6.45) is 2.41. The Morgan fingerprint density at radius 1 is 1.33 bits per heavy atom. The summed E-state index contributed by atoms with van der Waals surface area (Å²) in [5.41, 5.74) is 2.79. The van der Waals surface area contributed by atoms with Crippen LogP contribution in [0.1, 0.15) is 11.1 Å². The molecule has 0 amide bonds. The number of aryl methyl sites for hydroxylation is 1. The Labute approximate surface area is 132 Å². The fraction of sp³-hybridized carbons (Fsp3) is 0.214. The van der Waals surface area contributed by atoms with E-state index in [2.05, 4.69) is 31.0 Å². The van der Waals surface area contributed by atoms with Crippen molar-refractivity contribution < 1.29 is 8.42 Å². The second kappa shape index (κ2) is 5.31. The summed E-state index contributed by atoms with van der Waals surface area (Å²) in [4.78, 5) is 4.37. The molecule has 1 aromatic carbocycles. The molecule has 5 nitrogen and oxygen atoms in total. The highest BCUT2D eigenvalue weighted by Crippen LogP contribution is 2.26. The van der Waals surface area contributed by atoms with E-state index >= 15 is 0 Å². The zero-order chi connectivity index (χ0) is 15.0. The Bertz CT molecular complexity index is 806. The molecule has 0 aliphatic carbocycles. The van der Waals surface area contributed by atoms with Gasteiger partial charge in [0.05, 0.1) is 4.90 Å². The second-order valence-electron chi connectivity index (χ2n) is 4.92. The van der Waals surface area contributed by atoms with Gasteiger partial charge in [-0.3, -0.25) is 4.72 Å². The fourth-order valence-electron chi connectivity index (χ4n) is 2.28. The van der Waals surface area contributed by atoms with Gasteiger partial charge in [0, 0.05) is 22.9 Å². The monoisotopic (exact) mass is 367 g/mol. The predicted molar refractivity (Wildman–Crippen MR) is 86.1 cm³/mol. The number of rotatable bonds is 3. The molecule has 110 valence electrons. The van der Waals surface area contributed by atoms with Gasteiger partial charge in [0.1, 0.15) is 5.82 Å². The van der Waals surface area contributed by atoms with E-state index in [4.69, 9.17) is 0 Å². The third-order valence-electron chi connectivity index (χ3n) is 3.37.